The minimum Gasteiger partial charge on any atom is -0.481 e. The van der Waals surface area contributed by atoms with Gasteiger partial charge < -0.3 is 10.4 Å². The van der Waals surface area contributed by atoms with Crippen molar-refractivity contribution in [1.29, 1.82) is 0 Å². The van der Waals surface area contributed by atoms with Crippen molar-refractivity contribution in [3.63, 3.8) is 0 Å². The van der Waals surface area contributed by atoms with Gasteiger partial charge in [-0.05, 0) is 38.6 Å². The summed E-state index contributed by atoms with van der Waals surface area (Å²) < 4.78 is 0. The Labute approximate surface area is 119 Å². The number of nitrogens with one attached hydrogen (secondary N) is 1. The summed E-state index contributed by atoms with van der Waals surface area (Å²) in [5.74, 6) is -1.62. The number of nitrogens with zero attached hydrogens (tertiary/aromatic N) is 1. The fraction of sp³-hybridized carbons (Fsp3) is 0.867. The lowest BCUT2D eigenvalue weighted by atomic mass is 9.93. The number of hydrogen-bond acceptors (Lipinski definition) is 3. The molecular weight excluding hydrogens is 256 g/mol. The lowest BCUT2D eigenvalue weighted by Crippen LogP contribution is -2.49. The van der Waals surface area contributed by atoms with E-state index >= 15 is 0 Å². The topological polar surface area (TPSA) is 69.6 Å². The van der Waals surface area contributed by atoms with Crippen LogP contribution in [0.4, 0.5) is 0 Å². The molecule has 2 N–H and O–H groups in total. The number of carbonyl (C=O) groups excluding carboxylic acids is 1. The smallest absolute Gasteiger partial charge is 0.307 e. The van der Waals surface area contributed by atoms with Crippen LogP contribution >= 0.6 is 0 Å². The van der Waals surface area contributed by atoms with Crippen LogP contribution in [0.2, 0.25) is 0 Å². The zero-order valence-corrected chi connectivity index (χ0v) is 11.9. The Morgan fingerprint density at radius 2 is 1.75 bits per heavy atom. The Balaban J connectivity index is 1.60. The van der Waals surface area contributed by atoms with Gasteiger partial charge in [0.15, 0.2) is 0 Å². The zero-order chi connectivity index (χ0) is 14.1. The number of carbonyl (C=O) groups is 2. The van der Waals surface area contributed by atoms with Gasteiger partial charge in [0, 0.05) is 18.6 Å². The molecule has 112 valence electrons. The molecule has 3 rings (SSSR count). The van der Waals surface area contributed by atoms with Crippen LogP contribution in [0.15, 0.2) is 0 Å². The van der Waals surface area contributed by atoms with Crippen molar-refractivity contribution in [1.82, 2.24) is 10.2 Å². The van der Waals surface area contributed by atoms with E-state index in [-0.39, 0.29) is 17.9 Å². The maximum Gasteiger partial charge on any atom is 0.307 e. The van der Waals surface area contributed by atoms with Crippen LogP contribution in [0, 0.1) is 11.8 Å². The number of aliphatic carboxylic acids is 1. The van der Waals surface area contributed by atoms with Gasteiger partial charge in [-0.25, -0.2) is 0 Å². The maximum absolute atomic E-state index is 12.4. The van der Waals surface area contributed by atoms with Crippen molar-refractivity contribution in [2.24, 2.45) is 11.8 Å². The van der Waals surface area contributed by atoms with Crippen LogP contribution in [-0.4, -0.2) is 47.1 Å². The second-order valence-electron chi connectivity index (χ2n) is 6.48. The van der Waals surface area contributed by atoms with Gasteiger partial charge in [0.05, 0.1) is 11.8 Å². The predicted molar refractivity (Wildman–Crippen MR) is 74.2 cm³/mol. The Kier molecular flexibility index (Phi) is 3.96. The molecule has 4 atom stereocenters. The van der Waals surface area contributed by atoms with Gasteiger partial charge in [0.1, 0.15) is 0 Å². The Hall–Kier alpha value is -1.10. The highest BCUT2D eigenvalue weighted by Crippen LogP contribution is 2.33. The third-order valence-corrected chi connectivity index (χ3v) is 5.35. The quantitative estimate of drug-likeness (QED) is 0.816. The number of hydrogen-bond donors (Lipinski definition) is 2. The van der Waals surface area contributed by atoms with E-state index in [0.29, 0.717) is 12.5 Å². The summed E-state index contributed by atoms with van der Waals surface area (Å²) in [4.78, 5) is 26.1. The summed E-state index contributed by atoms with van der Waals surface area (Å²) in [5, 5.41) is 12.4. The van der Waals surface area contributed by atoms with E-state index in [9.17, 15) is 14.7 Å². The molecule has 0 spiro atoms. The summed E-state index contributed by atoms with van der Waals surface area (Å²) in [5.41, 5.74) is 0. The summed E-state index contributed by atoms with van der Waals surface area (Å²) in [6.07, 6.45) is 6.92. The van der Waals surface area contributed by atoms with E-state index in [1.807, 2.05) is 0 Å². The van der Waals surface area contributed by atoms with Crippen molar-refractivity contribution >= 4 is 11.9 Å². The second kappa shape index (κ2) is 5.72. The molecule has 1 amide bonds. The molecule has 0 bridgehead atoms. The minimum absolute atomic E-state index is 0.0210. The third kappa shape index (κ3) is 2.55. The molecule has 4 unspecified atom stereocenters. The standard InChI is InChI=1S/C15H24N2O3/c18-14(10-4-3-5-11(10)15(19)20)16-12-7-9-17-8-2-1-6-13(12)17/h10-13H,1-9H2,(H,16,18)(H,19,20). The summed E-state index contributed by atoms with van der Waals surface area (Å²) in [6.45, 7) is 2.22. The Bertz CT molecular complexity index is 399. The molecule has 20 heavy (non-hydrogen) atoms. The van der Waals surface area contributed by atoms with E-state index in [2.05, 4.69) is 10.2 Å². The molecule has 1 saturated carbocycles. The highest BCUT2D eigenvalue weighted by Gasteiger charge is 2.41. The van der Waals surface area contributed by atoms with Crippen LogP contribution in [0.3, 0.4) is 0 Å². The Morgan fingerprint density at radius 1 is 0.950 bits per heavy atom. The van der Waals surface area contributed by atoms with Crippen LogP contribution < -0.4 is 5.32 Å². The molecule has 0 aromatic carbocycles. The van der Waals surface area contributed by atoms with E-state index in [1.165, 1.54) is 12.8 Å². The molecule has 2 aliphatic heterocycles. The van der Waals surface area contributed by atoms with Crippen molar-refractivity contribution in [3.8, 4) is 0 Å². The molecule has 0 aromatic rings. The van der Waals surface area contributed by atoms with Gasteiger partial charge in [-0.1, -0.05) is 12.8 Å². The Morgan fingerprint density at radius 3 is 2.55 bits per heavy atom. The van der Waals surface area contributed by atoms with E-state index in [0.717, 1.165) is 38.8 Å². The van der Waals surface area contributed by atoms with Crippen molar-refractivity contribution in [2.45, 2.75) is 57.0 Å². The fourth-order valence-corrected chi connectivity index (χ4v) is 4.27. The highest BCUT2D eigenvalue weighted by molar-refractivity contribution is 5.85. The molecule has 5 heteroatoms. The molecule has 5 nitrogen and oxygen atoms in total. The van der Waals surface area contributed by atoms with Crippen LogP contribution in [-0.2, 0) is 9.59 Å². The molecule has 2 saturated heterocycles. The van der Waals surface area contributed by atoms with Gasteiger partial charge in [-0.2, -0.15) is 0 Å². The van der Waals surface area contributed by atoms with Crippen molar-refractivity contribution < 1.29 is 14.7 Å². The van der Waals surface area contributed by atoms with Crippen LogP contribution in [0.25, 0.3) is 0 Å². The number of fused-ring (bicyclic) bond motifs is 1. The van der Waals surface area contributed by atoms with E-state index in [1.54, 1.807) is 0 Å². The average Bonchev–Trinajstić information content (AvgIpc) is 3.06. The molecule has 2 heterocycles. The average molecular weight is 280 g/mol. The van der Waals surface area contributed by atoms with Gasteiger partial charge in [-0.3, -0.25) is 14.5 Å². The summed E-state index contributed by atoms with van der Waals surface area (Å²) in [7, 11) is 0. The first-order valence-electron chi connectivity index (χ1n) is 7.94. The lowest BCUT2D eigenvalue weighted by molar-refractivity contribution is -0.146. The second-order valence-corrected chi connectivity index (χ2v) is 6.48. The monoisotopic (exact) mass is 280 g/mol. The summed E-state index contributed by atoms with van der Waals surface area (Å²) >= 11 is 0. The maximum atomic E-state index is 12.4. The number of rotatable bonds is 3. The third-order valence-electron chi connectivity index (χ3n) is 5.35. The predicted octanol–water partition coefficient (Wildman–Crippen LogP) is 1.23. The van der Waals surface area contributed by atoms with Crippen LogP contribution in [0.5, 0.6) is 0 Å². The number of piperidine rings is 1. The van der Waals surface area contributed by atoms with E-state index < -0.39 is 11.9 Å². The number of carboxylic acids is 1. The zero-order valence-electron chi connectivity index (χ0n) is 11.9. The van der Waals surface area contributed by atoms with Crippen LogP contribution in [0.1, 0.15) is 44.9 Å². The first-order valence-corrected chi connectivity index (χ1v) is 7.94. The largest absolute Gasteiger partial charge is 0.481 e. The molecule has 3 aliphatic rings. The molecule has 3 fully saturated rings. The SMILES string of the molecule is O=C(O)C1CCCC1C(=O)NC1CCN2CCCCC12. The van der Waals surface area contributed by atoms with Gasteiger partial charge >= 0.3 is 5.97 Å². The molecule has 0 radical (unpaired) electrons. The highest BCUT2D eigenvalue weighted by atomic mass is 16.4. The molecule has 1 aliphatic carbocycles. The number of carboxylic acid groups (broad SMARTS) is 1. The molecular formula is C15H24N2O3. The first-order chi connectivity index (χ1) is 9.66. The van der Waals surface area contributed by atoms with Crippen molar-refractivity contribution in [3.05, 3.63) is 0 Å². The normalized spacial score (nSPS) is 37.6. The van der Waals surface area contributed by atoms with E-state index in [4.69, 9.17) is 0 Å². The minimum atomic E-state index is -0.812. The summed E-state index contributed by atoms with van der Waals surface area (Å²) in [6, 6.07) is 0.718. The fourth-order valence-electron chi connectivity index (χ4n) is 4.27. The molecule has 0 aromatic heterocycles. The van der Waals surface area contributed by atoms with Gasteiger partial charge in [-0.15, -0.1) is 0 Å². The van der Waals surface area contributed by atoms with Gasteiger partial charge in [0.25, 0.3) is 0 Å². The van der Waals surface area contributed by atoms with Gasteiger partial charge in [0.2, 0.25) is 5.91 Å². The lowest BCUT2D eigenvalue weighted by Gasteiger charge is -2.33. The number of amides is 1. The van der Waals surface area contributed by atoms with Crippen molar-refractivity contribution in [2.75, 3.05) is 13.1 Å². The first kappa shape index (κ1) is 13.9.